The molecule has 0 aromatic carbocycles. The van der Waals surface area contributed by atoms with Crippen LogP contribution in [0.3, 0.4) is 0 Å². The molecule has 0 N–H and O–H groups in total. The SMILES string of the molecule is CC(C)C1CCN(CC2(C=O)CCCC2)CC1. The highest BCUT2D eigenvalue weighted by molar-refractivity contribution is 5.60. The van der Waals surface area contributed by atoms with Crippen LogP contribution in [0.15, 0.2) is 0 Å². The van der Waals surface area contributed by atoms with Gasteiger partial charge in [0.2, 0.25) is 0 Å². The first-order valence-electron chi connectivity index (χ1n) is 7.34. The fraction of sp³-hybridized carbons (Fsp3) is 0.933. The number of carbonyl (C=O) groups is 1. The lowest BCUT2D eigenvalue weighted by Gasteiger charge is -2.37. The van der Waals surface area contributed by atoms with Crippen molar-refractivity contribution < 1.29 is 4.79 Å². The van der Waals surface area contributed by atoms with E-state index in [0.29, 0.717) is 0 Å². The zero-order valence-corrected chi connectivity index (χ0v) is 11.5. The second kappa shape index (κ2) is 5.51. The average Bonchev–Trinajstić information content (AvgIpc) is 2.79. The van der Waals surface area contributed by atoms with E-state index in [1.807, 2.05) is 0 Å². The van der Waals surface area contributed by atoms with Crippen LogP contribution in [-0.4, -0.2) is 30.8 Å². The molecule has 0 aromatic rings. The predicted octanol–water partition coefficient (Wildman–Crippen LogP) is 3.11. The van der Waals surface area contributed by atoms with Gasteiger partial charge in [-0.1, -0.05) is 26.7 Å². The van der Waals surface area contributed by atoms with Gasteiger partial charge in [-0.05, 0) is 50.6 Å². The first kappa shape index (κ1) is 13.1. The van der Waals surface area contributed by atoms with Crippen LogP contribution in [0, 0.1) is 17.3 Å². The second-order valence-corrected chi connectivity index (χ2v) is 6.54. The minimum absolute atomic E-state index is 0.0185. The molecule has 0 aromatic heterocycles. The highest BCUT2D eigenvalue weighted by Crippen LogP contribution is 2.38. The third kappa shape index (κ3) is 3.09. The van der Waals surface area contributed by atoms with Gasteiger partial charge in [0.25, 0.3) is 0 Å². The number of hydrogen-bond acceptors (Lipinski definition) is 2. The lowest BCUT2D eigenvalue weighted by molar-refractivity contribution is -0.117. The molecular formula is C15H27NO. The lowest BCUT2D eigenvalue weighted by Crippen LogP contribution is -2.42. The molecule has 0 amide bonds. The van der Waals surface area contributed by atoms with Gasteiger partial charge in [0.1, 0.15) is 6.29 Å². The van der Waals surface area contributed by atoms with Crippen LogP contribution in [0.5, 0.6) is 0 Å². The van der Waals surface area contributed by atoms with Crippen molar-refractivity contribution in [1.29, 1.82) is 0 Å². The summed E-state index contributed by atoms with van der Waals surface area (Å²) in [5.74, 6) is 1.73. The van der Waals surface area contributed by atoms with Crippen LogP contribution in [0.4, 0.5) is 0 Å². The van der Waals surface area contributed by atoms with Crippen molar-refractivity contribution in [1.82, 2.24) is 4.90 Å². The summed E-state index contributed by atoms with van der Waals surface area (Å²) in [6.45, 7) is 8.12. The first-order valence-corrected chi connectivity index (χ1v) is 7.34. The molecule has 0 unspecified atom stereocenters. The molecular weight excluding hydrogens is 210 g/mol. The van der Waals surface area contributed by atoms with Gasteiger partial charge in [0.15, 0.2) is 0 Å². The molecule has 2 rings (SSSR count). The summed E-state index contributed by atoms with van der Waals surface area (Å²) < 4.78 is 0. The van der Waals surface area contributed by atoms with Crippen molar-refractivity contribution in [2.24, 2.45) is 17.3 Å². The zero-order chi connectivity index (χ0) is 12.3. The molecule has 1 aliphatic carbocycles. The van der Waals surface area contributed by atoms with Gasteiger partial charge >= 0.3 is 0 Å². The molecule has 98 valence electrons. The Labute approximate surface area is 106 Å². The predicted molar refractivity (Wildman–Crippen MR) is 71.0 cm³/mol. The minimum atomic E-state index is 0.0185. The molecule has 2 heteroatoms. The van der Waals surface area contributed by atoms with Crippen molar-refractivity contribution in [3.63, 3.8) is 0 Å². The largest absolute Gasteiger partial charge is 0.303 e. The number of aldehydes is 1. The van der Waals surface area contributed by atoms with E-state index < -0.39 is 0 Å². The van der Waals surface area contributed by atoms with E-state index in [4.69, 9.17) is 0 Å². The summed E-state index contributed by atoms with van der Waals surface area (Å²) in [7, 11) is 0. The quantitative estimate of drug-likeness (QED) is 0.700. The van der Waals surface area contributed by atoms with Crippen molar-refractivity contribution in [2.45, 2.75) is 52.4 Å². The second-order valence-electron chi connectivity index (χ2n) is 6.54. The summed E-state index contributed by atoms with van der Waals surface area (Å²) in [5, 5.41) is 0. The molecule has 0 atom stereocenters. The van der Waals surface area contributed by atoms with E-state index >= 15 is 0 Å². The lowest BCUT2D eigenvalue weighted by atomic mass is 9.83. The number of nitrogens with zero attached hydrogens (tertiary/aromatic N) is 1. The Morgan fingerprint density at radius 3 is 2.29 bits per heavy atom. The third-order valence-electron chi connectivity index (χ3n) is 4.96. The van der Waals surface area contributed by atoms with E-state index in [2.05, 4.69) is 18.7 Å². The Kier molecular flexibility index (Phi) is 4.24. The van der Waals surface area contributed by atoms with E-state index in [1.165, 1.54) is 45.1 Å². The Morgan fingerprint density at radius 1 is 1.24 bits per heavy atom. The van der Waals surface area contributed by atoms with Crippen LogP contribution in [0.1, 0.15) is 52.4 Å². The van der Waals surface area contributed by atoms with Crippen LogP contribution < -0.4 is 0 Å². The highest BCUT2D eigenvalue weighted by atomic mass is 16.1. The summed E-state index contributed by atoms with van der Waals surface area (Å²) in [5.41, 5.74) is 0.0185. The number of piperidine rings is 1. The maximum atomic E-state index is 11.3. The van der Waals surface area contributed by atoms with Crippen molar-refractivity contribution in [3.8, 4) is 0 Å². The average molecular weight is 237 g/mol. The van der Waals surface area contributed by atoms with Gasteiger partial charge in [-0.3, -0.25) is 0 Å². The van der Waals surface area contributed by atoms with Crippen molar-refractivity contribution in [2.75, 3.05) is 19.6 Å². The first-order chi connectivity index (χ1) is 8.15. The summed E-state index contributed by atoms with van der Waals surface area (Å²) in [6, 6.07) is 0. The van der Waals surface area contributed by atoms with E-state index in [0.717, 1.165) is 31.2 Å². The molecule has 2 nitrogen and oxygen atoms in total. The van der Waals surface area contributed by atoms with Gasteiger partial charge < -0.3 is 9.69 Å². The van der Waals surface area contributed by atoms with Crippen molar-refractivity contribution >= 4 is 6.29 Å². The summed E-state index contributed by atoms with van der Waals surface area (Å²) in [4.78, 5) is 13.9. The Balaban J connectivity index is 1.83. The number of rotatable bonds is 4. The molecule has 1 heterocycles. The molecule has 2 aliphatic rings. The molecule has 17 heavy (non-hydrogen) atoms. The van der Waals surface area contributed by atoms with Gasteiger partial charge in [-0.15, -0.1) is 0 Å². The smallest absolute Gasteiger partial charge is 0.127 e. The summed E-state index contributed by atoms with van der Waals surface area (Å²) in [6.07, 6.45) is 8.66. The zero-order valence-electron chi connectivity index (χ0n) is 11.5. The van der Waals surface area contributed by atoms with E-state index in [9.17, 15) is 4.79 Å². The Bertz CT molecular complexity index is 248. The van der Waals surface area contributed by atoms with Gasteiger partial charge in [0, 0.05) is 12.0 Å². The van der Waals surface area contributed by atoms with Gasteiger partial charge in [-0.25, -0.2) is 0 Å². The monoisotopic (exact) mass is 237 g/mol. The number of likely N-dealkylation sites (tertiary alicyclic amines) is 1. The van der Waals surface area contributed by atoms with Gasteiger partial charge in [0.05, 0.1) is 0 Å². The Morgan fingerprint density at radius 2 is 1.82 bits per heavy atom. The molecule has 2 fully saturated rings. The Hall–Kier alpha value is -0.370. The highest BCUT2D eigenvalue weighted by Gasteiger charge is 2.36. The maximum Gasteiger partial charge on any atom is 0.127 e. The van der Waals surface area contributed by atoms with Gasteiger partial charge in [-0.2, -0.15) is 0 Å². The molecule has 0 radical (unpaired) electrons. The fourth-order valence-electron chi connectivity index (χ4n) is 3.62. The van der Waals surface area contributed by atoms with E-state index in [-0.39, 0.29) is 5.41 Å². The van der Waals surface area contributed by atoms with Crippen LogP contribution in [0.25, 0.3) is 0 Å². The normalized spacial score (nSPS) is 26.5. The maximum absolute atomic E-state index is 11.3. The molecule has 0 spiro atoms. The van der Waals surface area contributed by atoms with Crippen LogP contribution in [0.2, 0.25) is 0 Å². The minimum Gasteiger partial charge on any atom is -0.303 e. The van der Waals surface area contributed by atoms with Crippen LogP contribution in [-0.2, 0) is 4.79 Å². The fourth-order valence-corrected chi connectivity index (χ4v) is 3.62. The topological polar surface area (TPSA) is 20.3 Å². The molecule has 1 saturated heterocycles. The number of hydrogen-bond donors (Lipinski definition) is 0. The van der Waals surface area contributed by atoms with Crippen molar-refractivity contribution in [3.05, 3.63) is 0 Å². The van der Waals surface area contributed by atoms with E-state index in [1.54, 1.807) is 0 Å². The summed E-state index contributed by atoms with van der Waals surface area (Å²) >= 11 is 0. The number of carbonyl (C=O) groups excluding carboxylic acids is 1. The third-order valence-corrected chi connectivity index (χ3v) is 4.96. The standard InChI is InChI=1S/C15H27NO/c1-13(2)14-5-9-16(10-6-14)11-15(12-17)7-3-4-8-15/h12-14H,3-11H2,1-2H3. The van der Waals surface area contributed by atoms with Crippen LogP contribution >= 0.6 is 0 Å². The molecule has 0 bridgehead atoms. The molecule has 1 aliphatic heterocycles. The molecule has 1 saturated carbocycles.